The van der Waals surface area contributed by atoms with Gasteiger partial charge in [0.1, 0.15) is 0 Å². The molecule has 6 aromatic rings. The lowest BCUT2D eigenvalue weighted by Crippen LogP contribution is -2.13. The zero-order valence-electron chi connectivity index (χ0n) is 23.1. The molecule has 0 aliphatic rings. The standard InChI is InChI=1S/C37H31N3/c1-25-15-11-12-20-31(25)35-26(2)23-24-33-32-21-13-14-22-34(32)40(36(33)35)37(38-27(3)29-16-7-5-8-17-29)39-28(4)30-18-9-6-10-19-30/h5-24H,3H2,1-2,4H3/b38-37?,39-28+. The molecule has 0 unspecified atom stereocenters. The van der Waals surface area contributed by atoms with Crippen LogP contribution in [0.5, 0.6) is 0 Å². The fourth-order valence-corrected chi connectivity index (χ4v) is 5.39. The number of aliphatic imine (C=N–C) groups is 2. The van der Waals surface area contributed by atoms with Gasteiger partial charge in [0.2, 0.25) is 5.96 Å². The van der Waals surface area contributed by atoms with E-state index in [4.69, 9.17) is 9.98 Å². The lowest BCUT2D eigenvalue weighted by molar-refractivity contribution is 1.21. The van der Waals surface area contributed by atoms with E-state index in [1.165, 1.54) is 27.6 Å². The first-order valence-electron chi connectivity index (χ1n) is 13.6. The average molecular weight is 518 g/mol. The highest BCUT2D eigenvalue weighted by molar-refractivity contribution is 6.20. The van der Waals surface area contributed by atoms with Crippen molar-refractivity contribution in [3.05, 3.63) is 150 Å². The Bertz CT molecular complexity index is 1920. The second-order valence-electron chi connectivity index (χ2n) is 10.1. The van der Waals surface area contributed by atoms with E-state index in [1.54, 1.807) is 0 Å². The summed E-state index contributed by atoms with van der Waals surface area (Å²) in [6, 6.07) is 41.9. The molecule has 0 bridgehead atoms. The number of rotatable bonds is 4. The van der Waals surface area contributed by atoms with Crippen LogP contribution in [0.1, 0.15) is 29.2 Å². The number of fused-ring (bicyclic) bond motifs is 3. The maximum Gasteiger partial charge on any atom is 0.235 e. The van der Waals surface area contributed by atoms with Gasteiger partial charge in [-0.25, -0.2) is 9.98 Å². The molecule has 40 heavy (non-hydrogen) atoms. The molecular weight excluding hydrogens is 486 g/mol. The lowest BCUT2D eigenvalue weighted by Gasteiger charge is -2.16. The maximum atomic E-state index is 5.21. The molecule has 0 aliphatic carbocycles. The van der Waals surface area contributed by atoms with Gasteiger partial charge in [-0.15, -0.1) is 0 Å². The van der Waals surface area contributed by atoms with Crippen LogP contribution in [0.2, 0.25) is 0 Å². The Morgan fingerprint density at radius 3 is 1.95 bits per heavy atom. The Labute approximate surface area is 235 Å². The minimum absolute atomic E-state index is 0.585. The quantitative estimate of drug-likeness (QED) is 0.165. The molecular formula is C37H31N3. The molecule has 0 radical (unpaired) electrons. The van der Waals surface area contributed by atoms with Crippen molar-refractivity contribution in [3.63, 3.8) is 0 Å². The molecule has 0 fully saturated rings. The molecule has 0 atom stereocenters. The Morgan fingerprint density at radius 1 is 0.600 bits per heavy atom. The number of hydrogen-bond acceptors (Lipinski definition) is 1. The van der Waals surface area contributed by atoms with Gasteiger partial charge in [-0.2, -0.15) is 0 Å². The minimum atomic E-state index is 0.585. The molecule has 5 aromatic carbocycles. The third kappa shape index (κ3) is 4.56. The molecule has 0 amide bonds. The summed E-state index contributed by atoms with van der Waals surface area (Å²) in [5.74, 6) is 0.585. The molecule has 1 aromatic heterocycles. The summed E-state index contributed by atoms with van der Waals surface area (Å²) in [4.78, 5) is 10.4. The Kier molecular flexibility index (Phi) is 6.71. The van der Waals surface area contributed by atoms with E-state index in [1.807, 2.05) is 55.5 Å². The molecule has 3 nitrogen and oxygen atoms in total. The van der Waals surface area contributed by atoms with E-state index < -0.39 is 0 Å². The number of nitrogens with zero attached hydrogens (tertiary/aromatic N) is 3. The van der Waals surface area contributed by atoms with E-state index >= 15 is 0 Å². The van der Waals surface area contributed by atoms with Gasteiger partial charge in [-0.05, 0) is 54.7 Å². The topological polar surface area (TPSA) is 29.6 Å². The van der Waals surface area contributed by atoms with Crippen LogP contribution in [0.15, 0.2) is 138 Å². The fraction of sp³-hybridized carbons (Fsp3) is 0.0811. The van der Waals surface area contributed by atoms with E-state index in [0.717, 1.165) is 33.3 Å². The third-order valence-electron chi connectivity index (χ3n) is 7.46. The fourth-order valence-electron chi connectivity index (χ4n) is 5.39. The summed E-state index contributed by atoms with van der Waals surface area (Å²) >= 11 is 0. The normalized spacial score (nSPS) is 12.3. The highest BCUT2D eigenvalue weighted by Crippen LogP contribution is 2.39. The second-order valence-corrected chi connectivity index (χ2v) is 10.1. The molecule has 0 saturated carbocycles. The summed E-state index contributed by atoms with van der Waals surface area (Å²) in [5, 5.41) is 2.34. The maximum absolute atomic E-state index is 5.21. The van der Waals surface area contributed by atoms with Gasteiger partial charge in [-0.3, -0.25) is 4.57 Å². The first kappa shape index (κ1) is 25.3. The molecule has 0 saturated heterocycles. The predicted molar refractivity (Wildman–Crippen MR) is 171 cm³/mol. The van der Waals surface area contributed by atoms with Gasteiger partial charge in [0, 0.05) is 22.0 Å². The number of hydrogen-bond donors (Lipinski definition) is 0. The van der Waals surface area contributed by atoms with Crippen LogP contribution in [-0.4, -0.2) is 16.2 Å². The molecule has 6 rings (SSSR count). The number of benzene rings is 5. The van der Waals surface area contributed by atoms with E-state index in [9.17, 15) is 0 Å². The minimum Gasteiger partial charge on any atom is -0.277 e. The van der Waals surface area contributed by atoms with Gasteiger partial charge < -0.3 is 0 Å². The molecule has 0 spiro atoms. The number of para-hydroxylation sites is 1. The van der Waals surface area contributed by atoms with E-state index in [-0.39, 0.29) is 0 Å². The van der Waals surface area contributed by atoms with Crippen LogP contribution in [0.25, 0.3) is 38.6 Å². The summed E-state index contributed by atoms with van der Waals surface area (Å²) in [7, 11) is 0. The van der Waals surface area contributed by atoms with Crippen LogP contribution in [0.4, 0.5) is 0 Å². The van der Waals surface area contributed by atoms with Gasteiger partial charge in [0.15, 0.2) is 0 Å². The van der Waals surface area contributed by atoms with Crippen molar-refractivity contribution >= 4 is 39.2 Å². The average Bonchev–Trinajstić information content (AvgIpc) is 3.32. The van der Waals surface area contributed by atoms with Crippen LogP contribution in [0, 0.1) is 13.8 Å². The first-order chi connectivity index (χ1) is 19.5. The van der Waals surface area contributed by atoms with E-state index in [2.05, 4.69) is 97.8 Å². The summed E-state index contributed by atoms with van der Waals surface area (Å²) < 4.78 is 2.22. The van der Waals surface area contributed by atoms with Crippen molar-refractivity contribution in [2.24, 2.45) is 9.98 Å². The number of aryl methyl sites for hydroxylation is 2. The first-order valence-corrected chi connectivity index (χ1v) is 13.6. The van der Waals surface area contributed by atoms with Gasteiger partial charge in [-0.1, -0.05) is 122 Å². The van der Waals surface area contributed by atoms with Crippen molar-refractivity contribution in [1.29, 1.82) is 0 Å². The molecule has 3 heteroatoms. The van der Waals surface area contributed by atoms with Crippen LogP contribution in [-0.2, 0) is 0 Å². The summed E-state index contributed by atoms with van der Waals surface area (Å²) in [5.41, 5.74) is 10.5. The van der Waals surface area contributed by atoms with Gasteiger partial charge in [0.25, 0.3) is 0 Å². The van der Waals surface area contributed by atoms with Gasteiger partial charge in [0.05, 0.1) is 16.7 Å². The lowest BCUT2D eigenvalue weighted by atomic mass is 9.94. The monoisotopic (exact) mass is 517 g/mol. The van der Waals surface area contributed by atoms with Crippen LogP contribution >= 0.6 is 0 Å². The predicted octanol–water partition coefficient (Wildman–Crippen LogP) is 9.46. The van der Waals surface area contributed by atoms with Crippen LogP contribution < -0.4 is 0 Å². The highest BCUT2D eigenvalue weighted by Gasteiger charge is 2.21. The van der Waals surface area contributed by atoms with Crippen molar-refractivity contribution < 1.29 is 0 Å². The van der Waals surface area contributed by atoms with Crippen molar-refractivity contribution in [1.82, 2.24) is 4.57 Å². The third-order valence-corrected chi connectivity index (χ3v) is 7.46. The van der Waals surface area contributed by atoms with Crippen molar-refractivity contribution in [2.75, 3.05) is 0 Å². The molecule has 0 N–H and O–H groups in total. The molecule has 194 valence electrons. The molecule has 0 aliphatic heterocycles. The number of aromatic nitrogens is 1. The summed E-state index contributed by atoms with van der Waals surface area (Å²) in [6.45, 7) is 10.7. The zero-order chi connectivity index (χ0) is 27.6. The van der Waals surface area contributed by atoms with E-state index in [0.29, 0.717) is 11.7 Å². The van der Waals surface area contributed by atoms with Crippen molar-refractivity contribution in [3.8, 4) is 11.1 Å². The summed E-state index contributed by atoms with van der Waals surface area (Å²) in [6.07, 6.45) is 0. The Hall–Kier alpha value is -5.02. The second kappa shape index (κ2) is 10.6. The zero-order valence-corrected chi connectivity index (χ0v) is 23.1. The smallest absolute Gasteiger partial charge is 0.235 e. The Morgan fingerprint density at radius 2 is 1.23 bits per heavy atom. The van der Waals surface area contributed by atoms with Crippen LogP contribution in [0.3, 0.4) is 0 Å². The largest absolute Gasteiger partial charge is 0.277 e. The Balaban J connectivity index is 1.73. The van der Waals surface area contributed by atoms with Gasteiger partial charge >= 0.3 is 0 Å². The highest BCUT2D eigenvalue weighted by atomic mass is 15.2. The molecule has 1 heterocycles. The SMILES string of the molecule is C=C(N=C(/N=C(\C)c1ccccc1)n1c2ccccc2c2ccc(C)c(-c3ccccc3C)c21)c1ccccc1. The van der Waals surface area contributed by atoms with Crippen molar-refractivity contribution in [2.45, 2.75) is 20.8 Å².